The molecule has 8 nitrogen and oxygen atoms in total. The Labute approximate surface area is 184 Å². The number of cyclic esters (lactones) is 1. The van der Waals surface area contributed by atoms with Crippen molar-refractivity contribution in [2.45, 2.75) is 39.0 Å². The van der Waals surface area contributed by atoms with Gasteiger partial charge >= 0.3 is 5.97 Å². The van der Waals surface area contributed by atoms with Crippen LogP contribution in [-0.4, -0.2) is 38.5 Å². The lowest BCUT2D eigenvalue weighted by atomic mass is 10.1. The van der Waals surface area contributed by atoms with E-state index in [4.69, 9.17) is 4.74 Å². The Balaban J connectivity index is 1.43. The fourth-order valence-corrected chi connectivity index (χ4v) is 4.34. The molecule has 1 N–H and O–H groups in total. The summed E-state index contributed by atoms with van der Waals surface area (Å²) in [5.41, 5.74) is 3.67. The van der Waals surface area contributed by atoms with E-state index in [0.29, 0.717) is 23.4 Å². The van der Waals surface area contributed by atoms with Crippen LogP contribution >= 0.6 is 0 Å². The van der Waals surface area contributed by atoms with Crippen LogP contribution in [0.25, 0.3) is 5.69 Å². The Hall–Kier alpha value is -3.94. The molecule has 8 heteroatoms. The Bertz CT molecular complexity index is 1250. The molecule has 32 heavy (non-hydrogen) atoms. The SMILES string of the molecule is Cc1cccc(-n2nc(C)cc2NC(=O)C2CCC(=O)N2C2OC(=O)c3ccccc32)c1. The maximum absolute atomic E-state index is 13.3. The van der Waals surface area contributed by atoms with Crippen LogP contribution in [0.3, 0.4) is 0 Å². The standard InChI is InChI=1S/C24H22N4O4/c1-14-6-5-7-16(12-14)28-20(13-15(2)26-28)25-22(30)19-10-11-21(29)27(19)23-17-8-3-4-9-18(17)24(31)32-23/h3-9,12-13,19,23H,10-11H2,1-2H3,(H,25,30). The lowest BCUT2D eigenvalue weighted by Crippen LogP contribution is -2.44. The molecule has 3 heterocycles. The molecule has 1 fully saturated rings. The number of likely N-dealkylation sites (tertiary alicyclic amines) is 1. The fourth-order valence-electron chi connectivity index (χ4n) is 4.34. The zero-order chi connectivity index (χ0) is 22.4. The molecule has 0 aliphatic carbocycles. The number of nitrogens with zero attached hydrogens (tertiary/aromatic N) is 3. The van der Waals surface area contributed by atoms with E-state index in [1.165, 1.54) is 4.90 Å². The minimum atomic E-state index is -0.895. The highest BCUT2D eigenvalue weighted by atomic mass is 16.6. The number of fused-ring (bicyclic) bond motifs is 1. The molecule has 2 aromatic carbocycles. The molecule has 0 spiro atoms. The minimum absolute atomic E-state index is 0.213. The first-order valence-electron chi connectivity index (χ1n) is 10.5. The third kappa shape index (κ3) is 3.33. The van der Waals surface area contributed by atoms with E-state index >= 15 is 0 Å². The molecule has 0 radical (unpaired) electrons. The first-order chi connectivity index (χ1) is 15.4. The van der Waals surface area contributed by atoms with Crippen LogP contribution in [-0.2, 0) is 14.3 Å². The average molecular weight is 430 g/mol. The molecular formula is C24H22N4O4. The number of amides is 2. The van der Waals surface area contributed by atoms with E-state index in [1.54, 1.807) is 35.0 Å². The topological polar surface area (TPSA) is 93.5 Å². The van der Waals surface area contributed by atoms with Gasteiger partial charge in [0.15, 0.2) is 0 Å². The Morgan fingerprint density at radius 1 is 1.09 bits per heavy atom. The monoisotopic (exact) mass is 430 g/mol. The van der Waals surface area contributed by atoms with Crippen LogP contribution in [0.2, 0.25) is 0 Å². The summed E-state index contributed by atoms with van der Waals surface area (Å²) >= 11 is 0. The zero-order valence-corrected chi connectivity index (χ0v) is 17.7. The molecule has 5 rings (SSSR count). The van der Waals surface area contributed by atoms with Crippen molar-refractivity contribution >= 4 is 23.6 Å². The summed E-state index contributed by atoms with van der Waals surface area (Å²) in [5.74, 6) is -0.535. The van der Waals surface area contributed by atoms with Gasteiger partial charge in [-0.15, -0.1) is 0 Å². The summed E-state index contributed by atoms with van der Waals surface area (Å²) in [5, 5.41) is 7.43. The molecule has 0 bridgehead atoms. The van der Waals surface area contributed by atoms with Crippen molar-refractivity contribution in [3.63, 3.8) is 0 Å². The van der Waals surface area contributed by atoms with Gasteiger partial charge in [0.2, 0.25) is 18.0 Å². The van der Waals surface area contributed by atoms with Gasteiger partial charge in [-0.05, 0) is 44.0 Å². The summed E-state index contributed by atoms with van der Waals surface area (Å²) in [7, 11) is 0. The van der Waals surface area contributed by atoms with Crippen molar-refractivity contribution in [1.82, 2.24) is 14.7 Å². The number of carbonyl (C=O) groups is 3. The lowest BCUT2D eigenvalue weighted by Gasteiger charge is -2.29. The highest BCUT2D eigenvalue weighted by Crippen LogP contribution is 2.38. The van der Waals surface area contributed by atoms with Crippen molar-refractivity contribution in [1.29, 1.82) is 0 Å². The smallest absolute Gasteiger partial charge is 0.340 e. The van der Waals surface area contributed by atoms with E-state index in [1.807, 2.05) is 38.1 Å². The molecule has 2 amide bonds. The largest absolute Gasteiger partial charge is 0.433 e. The second kappa shape index (κ2) is 7.64. The summed E-state index contributed by atoms with van der Waals surface area (Å²) in [6.07, 6.45) is -0.337. The minimum Gasteiger partial charge on any atom is -0.433 e. The van der Waals surface area contributed by atoms with E-state index in [2.05, 4.69) is 10.4 Å². The molecule has 2 unspecified atom stereocenters. The predicted molar refractivity (Wildman–Crippen MR) is 116 cm³/mol. The van der Waals surface area contributed by atoms with Crippen molar-refractivity contribution in [2.75, 3.05) is 5.32 Å². The Morgan fingerprint density at radius 3 is 2.72 bits per heavy atom. The van der Waals surface area contributed by atoms with Gasteiger partial charge in [0, 0.05) is 18.1 Å². The van der Waals surface area contributed by atoms with Crippen molar-refractivity contribution < 1.29 is 19.1 Å². The number of hydrogen-bond acceptors (Lipinski definition) is 5. The molecule has 2 aliphatic rings. The first kappa shape index (κ1) is 20.0. The molecule has 0 saturated carbocycles. The quantitative estimate of drug-likeness (QED) is 0.641. The average Bonchev–Trinajstić information content (AvgIpc) is 3.43. The molecule has 3 aromatic rings. The highest BCUT2D eigenvalue weighted by Gasteiger charge is 2.46. The van der Waals surface area contributed by atoms with Crippen LogP contribution in [0.4, 0.5) is 5.82 Å². The maximum Gasteiger partial charge on any atom is 0.340 e. The third-order valence-corrected chi connectivity index (χ3v) is 5.81. The Morgan fingerprint density at radius 2 is 1.91 bits per heavy atom. The van der Waals surface area contributed by atoms with Crippen LogP contribution in [0.1, 0.15) is 46.2 Å². The van der Waals surface area contributed by atoms with Crippen molar-refractivity contribution in [2.24, 2.45) is 0 Å². The summed E-state index contributed by atoms with van der Waals surface area (Å²) in [6.45, 7) is 3.84. The summed E-state index contributed by atoms with van der Waals surface area (Å²) < 4.78 is 7.17. The number of hydrogen-bond donors (Lipinski definition) is 1. The number of ether oxygens (including phenoxy) is 1. The molecular weight excluding hydrogens is 408 g/mol. The van der Waals surface area contributed by atoms with Crippen LogP contribution in [0, 0.1) is 13.8 Å². The van der Waals surface area contributed by atoms with Gasteiger partial charge in [-0.25, -0.2) is 9.48 Å². The molecule has 162 valence electrons. The van der Waals surface area contributed by atoms with Gasteiger partial charge in [-0.2, -0.15) is 5.10 Å². The van der Waals surface area contributed by atoms with E-state index in [9.17, 15) is 14.4 Å². The van der Waals surface area contributed by atoms with E-state index in [-0.39, 0.29) is 18.2 Å². The highest BCUT2D eigenvalue weighted by molar-refractivity contribution is 6.00. The van der Waals surface area contributed by atoms with Crippen molar-refractivity contribution in [3.05, 3.63) is 77.0 Å². The molecule has 2 aliphatic heterocycles. The van der Waals surface area contributed by atoms with Gasteiger partial charge in [0.1, 0.15) is 11.9 Å². The van der Waals surface area contributed by atoms with Crippen LogP contribution in [0.15, 0.2) is 54.6 Å². The number of aromatic nitrogens is 2. The number of aryl methyl sites for hydroxylation is 2. The van der Waals surface area contributed by atoms with Gasteiger partial charge in [-0.3, -0.25) is 14.5 Å². The zero-order valence-electron chi connectivity index (χ0n) is 17.7. The molecule has 1 saturated heterocycles. The number of rotatable bonds is 4. The fraction of sp³-hybridized carbons (Fsp3) is 0.250. The number of benzene rings is 2. The van der Waals surface area contributed by atoms with Gasteiger partial charge < -0.3 is 10.1 Å². The van der Waals surface area contributed by atoms with Crippen LogP contribution < -0.4 is 5.32 Å². The van der Waals surface area contributed by atoms with E-state index < -0.39 is 18.2 Å². The van der Waals surface area contributed by atoms with Crippen molar-refractivity contribution in [3.8, 4) is 5.69 Å². The van der Waals surface area contributed by atoms with Crippen LogP contribution in [0.5, 0.6) is 0 Å². The second-order valence-corrected chi connectivity index (χ2v) is 8.11. The van der Waals surface area contributed by atoms with E-state index in [0.717, 1.165) is 16.9 Å². The summed E-state index contributed by atoms with van der Waals surface area (Å²) in [4.78, 5) is 39.7. The Kier molecular flexibility index (Phi) is 4.77. The predicted octanol–water partition coefficient (Wildman–Crippen LogP) is 3.29. The third-order valence-electron chi connectivity index (χ3n) is 5.81. The first-order valence-corrected chi connectivity index (χ1v) is 10.5. The lowest BCUT2D eigenvalue weighted by molar-refractivity contribution is -0.144. The maximum atomic E-state index is 13.3. The summed E-state index contributed by atoms with van der Waals surface area (Å²) in [6, 6.07) is 15.8. The van der Waals surface area contributed by atoms with Gasteiger partial charge in [0.05, 0.1) is 16.9 Å². The number of carbonyl (C=O) groups excluding carboxylic acids is 3. The van der Waals surface area contributed by atoms with Gasteiger partial charge in [-0.1, -0.05) is 30.3 Å². The number of nitrogens with one attached hydrogen (secondary N) is 1. The second-order valence-electron chi connectivity index (χ2n) is 8.11. The molecule has 1 aromatic heterocycles. The number of esters is 1. The normalized spacial score (nSPS) is 19.8. The molecule has 2 atom stereocenters. The van der Waals surface area contributed by atoms with Gasteiger partial charge in [0.25, 0.3) is 0 Å². The number of anilines is 1.